The predicted octanol–water partition coefficient (Wildman–Crippen LogP) is 3.55. The van der Waals surface area contributed by atoms with Crippen LogP contribution < -0.4 is 4.74 Å². The summed E-state index contributed by atoms with van der Waals surface area (Å²) in [7, 11) is -3.59. The molecule has 3 aromatic rings. The molecule has 8 nitrogen and oxygen atoms in total. The first kappa shape index (κ1) is 20.8. The van der Waals surface area contributed by atoms with Gasteiger partial charge in [0.05, 0.1) is 27.7 Å². The number of benzene rings is 2. The maximum atomic E-state index is 12.3. The number of para-hydroxylation sites is 1. The third-order valence-electron chi connectivity index (χ3n) is 3.79. The molecule has 3 rings (SSSR count). The van der Waals surface area contributed by atoms with Crippen LogP contribution in [-0.4, -0.2) is 37.4 Å². The predicted molar refractivity (Wildman–Crippen MR) is 105 cm³/mol. The number of carbonyl (C=O) groups excluding carboxylic acids is 1. The highest BCUT2D eigenvalue weighted by Crippen LogP contribution is 2.28. The van der Waals surface area contributed by atoms with Crippen molar-refractivity contribution in [1.82, 2.24) is 10.1 Å². The van der Waals surface area contributed by atoms with Crippen LogP contribution in [0.2, 0.25) is 5.02 Å². The summed E-state index contributed by atoms with van der Waals surface area (Å²) in [6.07, 6.45) is 1.00. The molecule has 0 bridgehead atoms. The first-order valence-corrected chi connectivity index (χ1v) is 10.8. The molecule has 2 aromatic carbocycles. The Bertz CT molecular complexity index is 1140. The number of aromatic nitrogens is 2. The molecule has 0 N–H and O–H groups in total. The molecule has 0 aliphatic heterocycles. The number of nitrogens with zero attached hydrogens (tertiary/aromatic N) is 2. The molecule has 0 unspecified atom stereocenters. The van der Waals surface area contributed by atoms with E-state index < -0.39 is 15.8 Å². The van der Waals surface area contributed by atoms with E-state index in [1.807, 2.05) is 19.1 Å². The third kappa shape index (κ3) is 4.93. The zero-order valence-corrected chi connectivity index (χ0v) is 17.2. The summed E-state index contributed by atoms with van der Waals surface area (Å²) in [4.78, 5) is 16.3. The van der Waals surface area contributed by atoms with Crippen LogP contribution in [0.25, 0.3) is 11.4 Å². The second-order valence-electron chi connectivity index (χ2n) is 5.93. The van der Waals surface area contributed by atoms with E-state index in [0.717, 1.165) is 12.3 Å². The molecule has 1 aromatic heterocycles. The van der Waals surface area contributed by atoms with Gasteiger partial charge in [0.1, 0.15) is 5.75 Å². The Morgan fingerprint density at radius 3 is 2.69 bits per heavy atom. The van der Waals surface area contributed by atoms with Gasteiger partial charge in [0.25, 0.3) is 5.89 Å². The summed E-state index contributed by atoms with van der Waals surface area (Å²) in [6, 6.07) is 11.1. The number of esters is 1. The van der Waals surface area contributed by atoms with Crippen molar-refractivity contribution < 1.29 is 27.2 Å². The van der Waals surface area contributed by atoms with E-state index in [9.17, 15) is 13.2 Å². The van der Waals surface area contributed by atoms with E-state index in [2.05, 4.69) is 10.1 Å². The summed E-state index contributed by atoms with van der Waals surface area (Å²) in [5.74, 6) is 0.234. The van der Waals surface area contributed by atoms with E-state index in [1.165, 1.54) is 12.1 Å². The van der Waals surface area contributed by atoms with Gasteiger partial charge in [-0.3, -0.25) is 0 Å². The second-order valence-corrected chi connectivity index (χ2v) is 8.33. The smallest absolute Gasteiger partial charge is 0.338 e. The van der Waals surface area contributed by atoms with Gasteiger partial charge in [-0.25, -0.2) is 13.2 Å². The fourth-order valence-electron chi connectivity index (χ4n) is 2.48. The number of carbonyl (C=O) groups is 1. The zero-order chi connectivity index (χ0) is 21.0. The molecule has 0 saturated heterocycles. The number of hydrogen-bond acceptors (Lipinski definition) is 8. The summed E-state index contributed by atoms with van der Waals surface area (Å²) in [5.41, 5.74) is 0.683. The average molecular weight is 437 g/mol. The normalized spacial score (nSPS) is 11.3. The van der Waals surface area contributed by atoms with E-state index in [0.29, 0.717) is 23.7 Å². The highest BCUT2D eigenvalue weighted by atomic mass is 35.5. The summed E-state index contributed by atoms with van der Waals surface area (Å²) in [5, 5.41) is 3.91. The van der Waals surface area contributed by atoms with Crippen LogP contribution in [0, 0.1) is 0 Å². The van der Waals surface area contributed by atoms with Gasteiger partial charge in [0, 0.05) is 6.26 Å². The fourth-order valence-corrected chi connectivity index (χ4v) is 3.78. The van der Waals surface area contributed by atoms with Gasteiger partial charge in [-0.2, -0.15) is 4.98 Å². The lowest BCUT2D eigenvalue weighted by molar-refractivity contribution is 0.0429. The Morgan fingerprint density at radius 2 is 1.97 bits per heavy atom. The van der Waals surface area contributed by atoms with Gasteiger partial charge < -0.3 is 14.0 Å². The number of hydrogen-bond donors (Lipinski definition) is 0. The average Bonchev–Trinajstić information content (AvgIpc) is 3.15. The van der Waals surface area contributed by atoms with Crippen molar-refractivity contribution in [2.75, 3.05) is 12.9 Å². The van der Waals surface area contributed by atoms with Crippen LogP contribution in [0.4, 0.5) is 0 Å². The first-order valence-electron chi connectivity index (χ1n) is 8.51. The van der Waals surface area contributed by atoms with Gasteiger partial charge in [-0.15, -0.1) is 0 Å². The first-order chi connectivity index (χ1) is 13.8. The van der Waals surface area contributed by atoms with E-state index in [-0.39, 0.29) is 28.0 Å². The molecule has 0 fully saturated rings. The molecule has 10 heteroatoms. The summed E-state index contributed by atoms with van der Waals surface area (Å²) >= 11 is 5.88. The van der Waals surface area contributed by atoms with E-state index in [4.69, 9.17) is 25.6 Å². The second kappa shape index (κ2) is 8.62. The van der Waals surface area contributed by atoms with Gasteiger partial charge in [-0.1, -0.05) is 28.9 Å². The number of ether oxygens (including phenoxy) is 2. The van der Waals surface area contributed by atoms with Crippen molar-refractivity contribution in [3.63, 3.8) is 0 Å². The molecule has 152 valence electrons. The minimum atomic E-state index is -3.59. The topological polar surface area (TPSA) is 109 Å². The molecule has 0 aliphatic carbocycles. The van der Waals surface area contributed by atoms with Crippen LogP contribution in [0.1, 0.15) is 23.2 Å². The number of sulfone groups is 1. The van der Waals surface area contributed by atoms with Gasteiger partial charge in [0.2, 0.25) is 5.82 Å². The van der Waals surface area contributed by atoms with Crippen molar-refractivity contribution in [2.45, 2.75) is 18.4 Å². The lowest BCUT2D eigenvalue weighted by Crippen LogP contribution is -2.07. The van der Waals surface area contributed by atoms with Gasteiger partial charge >= 0.3 is 5.97 Å². The number of rotatable bonds is 7. The highest BCUT2D eigenvalue weighted by molar-refractivity contribution is 7.90. The Kier molecular flexibility index (Phi) is 6.19. The van der Waals surface area contributed by atoms with Gasteiger partial charge in [-0.05, 0) is 37.3 Å². The maximum Gasteiger partial charge on any atom is 0.338 e. The molecule has 0 saturated carbocycles. The summed E-state index contributed by atoms with van der Waals surface area (Å²) < 4.78 is 39.3. The largest absolute Gasteiger partial charge is 0.493 e. The minimum absolute atomic E-state index is 0.0264. The standard InChI is InChI=1S/C19H17ClN2O6S/c1-3-26-15-7-5-4-6-13(15)18-21-17(28-22-18)11-27-19(23)12-8-9-14(20)16(10-12)29(2,24)25/h4-10H,3,11H2,1-2H3. The molecule has 0 aliphatic rings. The fraction of sp³-hybridized carbons (Fsp3) is 0.211. The summed E-state index contributed by atoms with van der Waals surface area (Å²) in [6.45, 7) is 2.07. The van der Waals surface area contributed by atoms with Crippen molar-refractivity contribution in [1.29, 1.82) is 0 Å². The molecule has 1 heterocycles. The lowest BCUT2D eigenvalue weighted by atomic mass is 10.2. The number of halogens is 1. The van der Waals surface area contributed by atoms with Crippen LogP contribution in [0.15, 0.2) is 51.9 Å². The molecule has 0 spiro atoms. The lowest BCUT2D eigenvalue weighted by Gasteiger charge is -2.06. The Labute approximate surface area is 172 Å². The Hall–Kier alpha value is -2.91. The molecular formula is C19H17ClN2O6S. The Morgan fingerprint density at radius 1 is 1.21 bits per heavy atom. The molecule has 0 amide bonds. The SMILES string of the molecule is CCOc1ccccc1-c1noc(COC(=O)c2ccc(Cl)c(S(C)(=O)=O)c2)n1. The van der Waals surface area contributed by atoms with E-state index in [1.54, 1.807) is 12.1 Å². The van der Waals surface area contributed by atoms with Crippen molar-refractivity contribution in [2.24, 2.45) is 0 Å². The van der Waals surface area contributed by atoms with Crippen LogP contribution in [-0.2, 0) is 21.2 Å². The van der Waals surface area contributed by atoms with Crippen molar-refractivity contribution >= 4 is 27.4 Å². The zero-order valence-electron chi connectivity index (χ0n) is 15.6. The monoisotopic (exact) mass is 436 g/mol. The molecule has 0 atom stereocenters. The molecular weight excluding hydrogens is 420 g/mol. The quantitative estimate of drug-likeness (QED) is 0.517. The van der Waals surface area contributed by atoms with E-state index >= 15 is 0 Å². The molecule has 29 heavy (non-hydrogen) atoms. The molecule has 0 radical (unpaired) electrons. The van der Waals surface area contributed by atoms with Crippen LogP contribution in [0.3, 0.4) is 0 Å². The minimum Gasteiger partial charge on any atom is -0.493 e. The van der Waals surface area contributed by atoms with Crippen molar-refractivity contribution in [3.8, 4) is 17.1 Å². The van der Waals surface area contributed by atoms with Crippen LogP contribution in [0.5, 0.6) is 5.75 Å². The Balaban J connectivity index is 1.73. The third-order valence-corrected chi connectivity index (χ3v) is 5.37. The van der Waals surface area contributed by atoms with Crippen molar-refractivity contribution in [3.05, 3.63) is 58.9 Å². The van der Waals surface area contributed by atoms with Gasteiger partial charge in [0.15, 0.2) is 16.4 Å². The van der Waals surface area contributed by atoms with Crippen LogP contribution >= 0.6 is 11.6 Å². The maximum absolute atomic E-state index is 12.3. The highest BCUT2D eigenvalue weighted by Gasteiger charge is 2.18.